The van der Waals surface area contributed by atoms with E-state index in [1.807, 2.05) is 0 Å². The third-order valence-corrected chi connectivity index (χ3v) is 5.27. The van der Waals surface area contributed by atoms with Gasteiger partial charge < -0.3 is 5.73 Å². The predicted octanol–water partition coefficient (Wildman–Crippen LogP) is 5.28. The van der Waals surface area contributed by atoms with Crippen LogP contribution < -0.4 is 5.73 Å². The zero-order chi connectivity index (χ0) is 14.7. The van der Waals surface area contributed by atoms with Crippen LogP contribution in [0.15, 0.2) is 46.2 Å². The lowest BCUT2D eigenvalue weighted by Gasteiger charge is -2.06. The van der Waals surface area contributed by atoms with Crippen LogP contribution in [-0.4, -0.2) is 4.92 Å². The molecule has 0 saturated carbocycles. The average Bonchev–Trinajstić information content (AvgIpc) is 2.38. The van der Waals surface area contributed by atoms with Crippen molar-refractivity contribution >= 4 is 56.2 Å². The molecule has 20 heavy (non-hydrogen) atoms. The normalized spacial score (nSPS) is 10.5. The number of nitro benzene ring substituents is 1. The maximum Gasteiger partial charge on any atom is 0.285 e. The number of hydrogen-bond donors (Lipinski definition) is 1. The first kappa shape index (κ1) is 15.3. The van der Waals surface area contributed by atoms with E-state index in [0.717, 1.165) is 4.90 Å². The molecular formula is C12H8Cl2N2O2S2. The molecule has 0 atom stereocenters. The number of nitrogen functional groups attached to an aromatic ring is 1. The van der Waals surface area contributed by atoms with Crippen molar-refractivity contribution in [3.05, 3.63) is 56.6 Å². The molecule has 2 aromatic carbocycles. The largest absolute Gasteiger partial charge is 0.398 e. The summed E-state index contributed by atoms with van der Waals surface area (Å²) in [6, 6.07) is 9.69. The van der Waals surface area contributed by atoms with E-state index in [9.17, 15) is 10.1 Å². The number of nitrogens with two attached hydrogens (primary N) is 1. The molecule has 0 spiro atoms. The van der Waals surface area contributed by atoms with E-state index in [0.29, 0.717) is 20.6 Å². The number of benzene rings is 2. The number of nitrogens with zero attached hydrogens (tertiary/aromatic N) is 1. The summed E-state index contributed by atoms with van der Waals surface area (Å²) in [6.07, 6.45) is 0. The van der Waals surface area contributed by atoms with Gasteiger partial charge in [0.1, 0.15) is 0 Å². The third-order valence-electron chi connectivity index (χ3n) is 2.31. The highest BCUT2D eigenvalue weighted by Crippen LogP contribution is 2.44. The molecule has 0 fully saturated rings. The highest BCUT2D eigenvalue weighted by molar-refractivity contribution is 8.76. The van der Waals surface area contributed by atoms with Gasteiger partial charge in [-0.1, -0.05) is 34.0 Å². The Bertz CT molecular complexity index is 668. The minimum atomic E-state index is -0.458. The van der Waals surface area contributed by atoms with Gasteiger partial charge in [0.2, 0.25) is 0 Å². The van der Waals surface area contributed by atoms with Gasteiger partial charge in [0, 0.05) is 26.7 Å². The van der Waals surface area contributed by atoms with Crippen LogP contribution in [0, 0.1) is 10.1 Å². The lowest BCUT2D eigenvalue weighted by Crippen LogP contribution is -1.90. The van der Waals surface area contributed by atoms with Crippen molar-refractivity contribution in [2.75, 3.05) is 5.73 Å². The number of anilines is 1. The molecule has 0 amide bonds. The SMILES string of the molecule is Nc1cc(Cl)ccc1SSc1ccc(Cl)cc1[N+](=O)[O-]. The monoisotopic (exact) mass is 346 g/mol. The summed E-state index contributed by atoms with van der Waals surface area (Å²) >= 11 is 11.6. The molecule has 0 saturated heterocycles. The van der Waals surface area contributed by atoms with Gasteiger partial charge in [0.15, 0.2) is 0 Å². The molecule has 2 aromatic rings. The van der Waals surface area contributed by atoms with E-state index in [1.165, 1.54) is 27.7 Å². The Morgan fingerprint density at radius 2 is 1.55 bits per heavy atom. The van der Waals surface area contributed by atoms with E-state index < -0.39 is 4.92 Å². The van der Waals surface area contributed by atoms with Crippen LogP contribution in [0.2, 0.25) is 10.0 Å². The molecule has 2 N–H and O–H groups in total. The Morgan fingerprint density at radius 3 is 2.15 bits per heavy atom. The van der Waals surface area contributed by atoms with Crippen molar-refractivity contribution in [3.63, 3.8) is 0 Å². The van der Waals surface area contributed by atoms with Crippen molar-refractivity contribution in [3.8, 4) is 0 Å². The van der Waals surface area contributed by atoms with Gasteiger partial charge in [-0.15, -0.1) is 0 Å². The van der Waals surface area contributed by atoms with Crippen LogP contribution in [-0.2, 0) is 0 Å². The second kappa shape index (κ2) is 6.58. The zero-order valence-electron chi connectivity index (χ0n) is 9.88. The first-order valence-corrected chi connectivity index (χ1v) is 8.21. The Labute approximate surface area is 133 Å². The summed E-state index contributed by atoms with van der Waals surface area (Å²) in [5, 5.41) is 11.9. The number of nitro groups is 1. The fourth-order valence-electron chi connectivity index (χ4n) is 1.39. The molecule has 4 nitrogen and oxygen atoms in total. The topological polar surface area (TPSA) is 69.2 Å². The lowest BCUT2D eigenvalue weighted by atomic mass is 10.3. The van der Waals surface area contributed by atoms with E-state index in [4.69, 9.17) is 28.9 Å². The molecule has 0 bridgehead atoms. The Kier molecular flexibility index (Phi) is 5.04. The van der Waals surface area contributed by atoms with E-state index in [1.54, 1.807) is 30.3 Å². The zero-order valence-corrected chi connectivity index (χ0v) is 13.0. The maximum absolute atomic E-state index is 11.0. The van der Waals surface area contributed by atoms with Gasteiger partial charge in [-0.05, 0) is 41.1 Å². The van der Waals surface area contributed by atoms with Crippen LogP contribution in [0.3, 0.4) is 0 Å². The van der Waals surface area contributed by atoms with Crippen molar-refractivity contribution in [1.29, 1.82) is 0 Å². The van der Waals surface area contributed by atoms with Gasteiger partial charge in [0.05, 0.1) is 9.82 Å². The first-order valence-electron chi connectivity index (χ1n) is 5.31. The fraction of sp³-hybridized carbons (Fsp3) is 0. The van der Waals surface area contributed by atoms with E-state index in [-0.39, 0.29) is 5.69 Å². The lowest BCUT2D eigenvalue weighted by molar-refractivity contribution is -0.387. The smallest absolute Gasteiger partial charge is 0.285 e. The van der Waals surface area contributed by atoms with Crippen molar-refractivity contribution in [2.45, 2.75) is 9.79 Å². The maximum atomic E-state index is 11.0. The summed E-state index contributed by atoms with van der Waals surface area (Å²) in [7, 11) is 2.58. The van der Waals surface area contributed by atoms with Gasteiger partial charge in [-0.3, -0.25) is 10.1 Å². The molecule has 2 rings (SSSR count). The van der Waals surface area contributed by atoms with Crippen LogP contribution >= 0.6 is 44.8 Å². The molecule has 0 aliphatic carbocycles. The molecule has 0 aromatic heterocycles. The van der Waals surface area contributed by atoms with E-state index >= 15 is 0 Å². The summed E-state index contributed by atoms with van der Waals surface area (Å²) in [4.78, 5) is 11.8. The number of hydrogen-bond acceptors (Lipinski definition) is 5. The Balaban J connectivity index is 2.20. The second-order valence-electron chi connectivity index (χ2n) is 3.72. The van der Waals surface area contributed by atoms with Gasteiger partial charge in [-0.25, -0.2) is 0 Å². The number of rotatable bonds is 4. The molecule has 104 valence electrons. The summed E-state index contributed by atoms with van der Waals surface area (Å²) in [5.74, 6) is 0. The molecular weight excluding hydrogens is 339 g/mol. The van der Waals surface area contributed by atoms with Crippen LogP contribution in [0.5, 0.6) is 0 Å². The summed E-state index contributed by atoms with van der Waals surface area (Å²) < 4.78 is 0. The molecule has 0 heterocycles. The molecule has 0 aliphatic heterocycles. The Hall–Kier alpha value is -1.08. The van der Waals surface area contributed by atoms with Gasteiger partial charge in [0.25, 0.3) is 5.69 Å². The highest BCUT2D eigenvalue weighted by atomic mass is 35.5. The van der Waals surface area contributed by atoms with Crippen LogP contribution in [0.25, 0.3) is 0 Å². The number of halogens is 2. The molecule has 0 unspecified atom stereocenters. The molecule has 8 heteroatoms. The predicted molar refractivity (Wildman–Crippen MR) is 85.7 cm³/mol. The van der Waals surface area contributed by atoms with Gasteiger partial charge >= 0.3 is 0 Å². The first-order chi connectivity index (χ1) is 9.47. The minimum absolute atomic E-state index is 0.0254. The third kappa shape index (κ3) is 3.73. The molecule has 0 aliphatic rings. The van der Waals surface area contributed by atoms with Crippen LogP contribution in [0.4, 0.5) is 11.4 Å². The summed E-state index contributed by atoms with van der Waals surface area (Å²) in [5.41, 5.74) is 6.34. The van der Waals surface area contributed by atoms with Gasteiger partial charge in [-0.2, -0.15) is 0 Å². The highest BCUT2D eigenvalue weighted by Gasteiger charge is 2.15. The van der Waals surface area contributed by atoms with Crippen molar-refractivity contribution in [1.82, 2.24) is 0 Å². The average molecular weight is 347 g/mol. The standard InChI is InChI=1S/C12H8Cl2N2O2S2/c13-7-1-3-11(9(15)5-7)19-20-12-4-2-8(14)6-10(12)16(17)18/h1-6H,15H2. The Morgan fingerprint density at radius 1 is 1.00 bits per heavy atom. The minimum Gasteiger partial charge on any atom is -0.398 e. The van der Waals surface area contributed by atoms with Crippen molar-refractivity contribution in [2.24, 2.45) is 0 Å². The van der Waals surface area contributed by atoms with Crippen LogP contribution in [0.1, 0.15) is 0 Å². The van der Waals surface area contributed by atoms with Crippen molar-refractivity contribution < 1.29 is 4.92 Å². The quantitative estimate of drug-likeness (QED) is 0.352. The van der Waals surface area contributed by atoms with E-state index in [2.05, 4.69) is 0 Å². The summed E-state index contributed by atoms with van der Waals surface area (Å²) in [6.45, 7) is 0. The molecule has 0 radical (unpaired) electrons. The fourth-order valence-corrected chi connectivity index (χ4v) is 3.95. The second-order valence-corrected chi connectivity index (χ2v) is 6.80.